The molecule has 18 heavy (non-hydrogen) atoms. The number of benzene rings is 1. The summed E-state index contributed by atoms with van der Waals surface area (Å²) in [5.41, 5.74) is 0.403. The minimum absolute atomic E-state index is 0.0139. The van der Waals surface area contributed by atoms with Gasteiger partial charge in [-0.15, -0.1) is 11.3 Å². The minimum atomic E-state index is -0.399. The smallest absolute Gasteiger partial charge is 0.126 e. The summed E-state index contributed by atoms with van der Waals surface area (Å²) in [6.07, 6.45) is 0.444. The first-order valence-corrected chi connectivity index (χ1v) is 6.59. The topological polar surface area (TPSA) is 12.0 Å². The highest BCUT2D eigenvalue weighted by atomic mass is 32.1. The van der Waals surface area contributed by atoms with E-state index in [-0.39, 0.29) is 11.9 Å². The van der Waals surface area contributed by atoms with Crippen LogP contribution >= 0.6 is 11.3 Å². The Morgan fingerprint density at radius 2 is 2.00 bits per heavy atom. The van der Waals surface area contributed by atoms with Crippen LogP contribution in [-0.2, 0) is 6.42 Å². The van der Waals surface area contributed by atoms with Gasteiger partial charge in [0.15, 0.2) is 0 Å². The van der Waals surface area contributed by atoms with Crippen LogP contribution in [0.15, 0.2) is 30.3 Å². The highest BCUT2D eigenvalue weighted by molar-refractivity contribution is 7.12. The van der Waals surface area contributed by atoms with Crippen LogP contribution in [0.4, 0.5) is 8.78 Å². The summed E-state index contributed by atoms with van der Waals surface area (Å²) >= 11 is 1.67. The molecule has 2 rings (SSSR count). The highest BCUT2D eigenvalue weighted by Gasteiger charge is 2.15. The second-order valence-electron chi connectivity index (χ2n) is 4.23. The van der Waals surface area contributed by atoms with Crippen molar-refractivity contribution in [1.82, 2.24) is 5.32 Å². The second kappa shape index (κ2) is 5.59. The Hall–Kier alpha value is -1.26. The Labute approximate surface area is 109 Å². The van der Waals surface area contributed by atoms with E-state index in [0.717, 1.165) is 10.9 Å². The molecule has 4 heteroatoms. The summed E-state index contributed by atoms with van der Waals surface area (Å²) in [6.45, 7) is 2.03. The third-order valence-electron chi connectivity index (χ3n) is 2.88. The number of thiophene rings is 1. The predicted molar refractivity (Wildman–Crippen MR) is 70.9 cm³/mol. The normalized spacial score (nSPS) is 12.7. The molecule has 0 amide bonds. The average Bonchev–Trinajstić information content (AvgIpc) is 2.77. The van der Waals surface area contributed by atoms with Gasteiger partial charge in [0.1, 0.15) is 11.6 Å². The van der Waals surface area contributed by atoms with Gasteiger partial charge >= 0.3 is 0 Å². The van der Waals surface area contributed by atoms with Gasteiger partial charge in [-0.05, 0) is 56.3 Å². The van der Waals surface area contributed by atoms with Crippen molar-refractivity contribution in [3.63, 3.8) is 0 Å². The molecular formula is C14H15F2NS. The molecule has 1 heterocycles. The number of likely N-dealkylation sites (N-methyl/N-ethyl adjacent to an activating group) is 1. The molecule has 1 unspecified atom stereocenters. The van der Waals surface area contributed by atoms with E-state index in [0.29, 0.717) is 12.0 Å². The van der Waals surface area contributed by atoms with E-state index in [9.17, 15) is 8.78 Å². The lowest BCUT2D eigenvalue weighted by molar-refractivity contribution is 0.548. The standard InChI is InChI=1S/C14H15F2NS/c1-9-3-6-14(18-9)13(17-2)8-10-7-11(15)4-5-12(10)16/h3-7,13,17H,8H2,1-2H3. The molecule has 96 valence electrons. The van der Waals surface area contributed by atoms with E-state index in [2.05, 4.69) is 5.32 Å². The molecule has 1 N–H and O–H groups in total. The van der Waals surface area contributed by atoms with Gasteiger partial charge in [-0.3, -0.25) is 0 Å². The molecule has 0 fully saturated rings. The molecule has 0 radical (unpaired) electrons. The van der Waals surface area contributed by atoms with Crippen molar-refractivity contribution in [2.75, 3.05) is 7.05 Å². The van der Waals surface area contributed by atoms with Crippen LogP contribution in [0.1, 0.15) is 21.4 Å². The van der Waals surface area contributed by atoms with Gasteiger partial charge in [-0.25, -0.2) is 8.78 Å². The van der Waals surface area contributed by atoms with E-state index >= 15 is 0 Å². The zero-order valence-electron chi connectivity index (χ0n) is 10.3. The van der Waals surface area contributed by atoms with E-state index in [1.54, 1.807) is 11.3 Å². The van der Waals surface area contributed by atoms with Gasteiger partial charge in [-0.1, -0.05) is 0 Å². The first-order chi connectivity index (χ1) is 8.60. The minimum Gasteiger partial charge on any atom is -0.312 e. The molecule has 0 aliphatic carbocycles. The molecule has 0 saturated carbocycles. The van der Waals surface area contributed by atoms with Gasteiger partial charge in [0.2, 0.25) is 0 Å². The van der Waals surface area contributed by atoms with Crippen molar-refractivity contribution in [1.29, 1.82) is 0 Å². The van der Waals surface area contributed by atoms with Crippen LogP contribution in [0.3, 0.4) is 0 Å². The molecular weight excluding hydrogens is 252 g/mol. The van der Waals surface area contributed by atoms with Crippen molar-refractivity contribution in [2.24, 2.45) is 0 Å². The molecule has 1 aromatic carbocycles. The maximum Gasteiger partial charge on any atom is 0.126 e. The van der Waals surface area contributed by atoms with E-state index in [1.165, 1.54) is 17.0 Å². The van der Waals surface area contributed by atoms with Crippen LogP contribution in [0.25, 0.3) is 0 Å². The van der Waals surface area contributed by atoms with Crippen LogP contribution in [-0.4, -0.2) is 7.05 Å². The number of hydrogen-bond donors (Lipinski definition) is 1. The average molecular weight is 267 g/mol. The first kappa shape index (κ1) is 13.2. The second-order valence-corrected chi connectivity index (χ2v) is 5.55. The third-order valence-corrected chi connectivity index (χ3v) is 4.00. The van der Waals surface area contributed by atoms with Crippen LogP contribution in [0, 0.1) is 18.6 Å². The molecule has 1 aromatic heterocycles. The quantitative estimate of drug-likeness (QED) is 0.887. The van der Waals surface area contributed by atoms with E-state index in [4.69, 9.17) is 0 Å². The van der Waals surface area contributed by atoms with Crippen molar-refractivity contribution >= 4 is 11.3 Å². The summed E-state index contributed by atoms with van der Waals surface area (Å²) in [7, 11) is 1.83. The summed E-state index contributed by atoms with van der Waals surface area (Å²) in [6, 6.07) is 7.66. The number of halogens is 2. The first-order valence-electron chi connectivity index (χ1n) is 5.77. The predicted octanol–water partition coefficient (Wildman–Crippen LogP) is 3.84. The zero-order valence-corrected chi connectivity index (χ0v) is 11.2. The molecule has 0 spiro atoms. The van der Waals surface area contributed by atoms with E-state index < -0.39 is 5.82 Å². The van der Waals surface area contributed by atoms with Crippen LogP contribution < -0.4 is 5.32 Å². The maximum atomic E-state index is 13.6. The Bertz CT molecular complexity index is 536. The Morgan fingerprint density at radius 3 is 2.61 bits per heavy atom. The molecule has 0 aliphatic rings. The Morgan fingerprint density at radius 1 is 1.22 bits per heavy atom. The fraction of sp³-hybridized carbons (Fsp3) is 0.286. The van der Waals surface area contributed by atoms with Crippen molar-refractivity contribution in [3.05, 3.63) is 57.3 Å². The molecule has 0 saturated heterocycles. The summed E-state index contributed by atoms with van der Waals surface area (Å²) < 4.78 is 26.7. The van der Waals surface area contributed by atoms with Crippen molar-refractivity contribution < 1.29 is 8.78 Å². The Balaban J connectivity index is 2.22. The fourth-order valence-corrected chi connectivity index (χ4v) is 2.89. The fourth-order valence-electron chi connectivity index (χ4n) is 1.91. The lowest BCUT2D eigenvalue weighted by atomic mass is 10.0. The molecule has 0 aliphatic heterocycles. The van der Waals surface area contributed by atoms with Crippen LogP contribution in [0.5, 0.6) is 0 Å². The Kier molecular flexibility index (Phi) is 4.09. The monoisotopic (exact) mass is 267 g/mol. The summed E-state index contributed by atoms with van der Waals surface area (Å²) in [5.74, 6) is -0.756. The third kappa shape index (κ3) is 2.94. The summed E-state index contributed by atoms with van der Waals surface area (Å²) in [4.78, 5) is 2.35. The van der Waals surface area contributed by atoms with Gasteiger partial charge in [0.05, 0.1) is 0 Å². The summed E-state index contributed by atoms with van der Waals surface area (Å²) in [5, 5.41) is 3.15. The van der Waals surface area contributed by atoms with Gasteiger partial charge < -0.3 is 5.32 Å². The number of hydrogen-bond acceptors (Lipinski definition) is 2. The number of nitrogens with one attached hydrogen (secondary N) is 1. The molecule has 0 bridgehead atoms. The highest BCUT2D eigenvalue weighted by Crippen LogP contribution is 2.26. The zero-order chi connectivity index (χ0) is 13.1. The van der Waals surface area contributed by atoms with Gasteiger partial charge in [-0.2, -0.15) is 0 Å². The largest absolute Gasteiger partial charge is 0.312 e. The van der Waals surface area contributed by atoms with E-state index in [1.807, 2.05) is 26.1 Å². The van der Waals surface area contributed by atoms with Gasteiger partial charge in [0.25, 0.3) is 0 Å². The lowest BCUT2D eigenvalue weighted by Crippen LogP contribution is -2.18. The maximum absolute atomic E-state index is 13.6. The molecule has 2 aromatic rings. The SMILES string of the molecule is CNC(Cc1cc(F)ccc1F)c1ccc(C)s1. The molecule has 1 nitrogen and oxygen atoms in total. The van der Waals surface area contributed by atoms with Gasteiger partial charge in [0, 0.05) is 15.8 Å². The lowest BCUT2D eigenvalue weighted by Gasteiger charge is -2.15. The molecule has 1 atom stereocenters. The number of rotatable bonds is 4. The van der Waals surface area contributed by atoms with Crippen LogP contribution in [0.2, 0.25) is 0 Å². The number of aryl methyl sites for hydroxylation is 1. The van der Waals surface area contributed by atoms with Crippen molar-refractivity contribution in [2.45, 2.75) is 19.4 Å². The van der Waals surface area contributed by atoms with Crippen molar-refractivity contribution in [3.8, 4) is 0 Å².